The standard InChI is InChI=1S/C14H12FNO4/c1-20-13(19)14(6-8(15)7-14)16-11(17)9-4-2-3-5-10(9)12(16)18/h2-5,8H,6-7H2,1H3/t8-,14+/i15-1. The lowest BCUT2D eigenvalue weighted by atomic mass is 9.73. The highest BCUT2D eigenvalue weighted by Gasteiger charge is 2.61. The number of halogens is 1. The lowest BCUT2D eigenvalue weighted by molar-refractivity contribution is -0.161. The summed E-state index contributed by atoms with van der Waals surface area (Å²) in [6.45, 7) is 0. The van der Waals surface area contributed by atoms with E-state index in [1.165, 1.54) is 12.1 Å². The van der Waals surface area contributed by atoms with Crippen LogP contribution in [-0.2, 0) is 9.53 Å². The number of rotatable bonds is 2. The Kier molecular flexibility index (Phi) is 2.64. The molecule has 1 fully saturated rings. The molecule has 0 saturated heterocycles. The van der Waals surface area contributed by atoms with E-state index in [4.69, 9.17) is 0 Å². The van der Waals surface area contributed by atoms with Gasteiger partial charge in [-0.25, -0.2) is 9.18 Å². The maximum atomic E-state index is 13.3. The van der Waals surface area contributed by atoms with E-state index in [1.807, 2.05) is 0 Å². The second-order valence-electron chi connectivity index (χ2n) is 5.02. The van der Waals surface area contributed by atoms with Gasteiger partial charge in [-0.2, -0.15) is 0 Å². The van der Waals surface area contributed by atoms with Crippen molar-refractivity contribution in [2.24, 2.45) is 0 Å². The van der Waals surface area contributed by atoms with E-state index in [1.54, 1.807) is 12.1 Å². The molecule has 0 aromatic heterocycles. The van der Waals surface area contributed by atoms with Crippen LogP contribution in [0.2, 0.25) is 0 Å². The van der Waals surface area contributed by atoms with Crippen molar-refractivity contribution in [2.45, 2.75) is 24.6 Å². The first-order valence-corrected chi connectivity index (χ1v) is 6.21. The van der Waals surface area contributed by atoms with E-state index in [2.05, 4.69) is 4.74 Å². The molecule has 2 aliphatic rings. The molecular formula is C14H12FNO4. The largest absolute Gasteiger partial charge is 0.467 e. The summed E-state index contributed by atoms with van der Waals surface area (Å²) in [6, 6.07) is 6.31. The highest BCUT2D eigenvalue weighted by molar-refractivity contribution is 6.23. The molecule has 1 aliphatic carbocycles. The lowest BCUT2D eigenvalue weighted by Crippen LogP contribution is -2.65. The summed E-state index contributed by atoms with van der Waals surface area (Å²) in [6.07, 6.45) is -1.62. The number of carbonyl (C=O) groups excluding carboxylic acids is 3. The third kappa shape index (κ3) is 1.44. The monoisotopic (exact) mass is 276 g/mol. The van der Waals surface area contributed by atoms with Crippen molar-refractivity contribution < 1.29 is 23.5 Å². The van der Waals surface area contributed by atoms with Gasteiger partial charge in [0, 0.05) is 12.8 Å². The number of benzene rings is 1. The molecule has 3 rings (SSSR count). The molecule has 0 unspecified atom stereocenters. The van der Waals surface area contributed by atoms with Crippen LogP contribution in [-0.4, -0.2) is 41.5 Å². The maximum absolute atomic E-state index is 13.3. The molecule has 1 aromatic rings. The third-order valence-corrected chi connectivity index (χ3v) is 3.91. The van der Waals surface area contributed by atoms with Crippen LogP contribution < -0.4 is 0 Å². The molecule has 1 heterocycles. The van der Waals surface area contributed by atoms with Crippen LogP contribution in [0.1, 0.15) is 33.6 Å². The molecule has 1 saturated carbocycles. The molecule has 0 spiro atoms. The fourth-order valence-corrected chi connectivity index (χ4v) is 2.88. The number of alkyl halides is 1. The molecule has 6 heteroatoms. The lowest BCUT2D eigenvalue weighted by Gasteiger charge is -2.46. The molecule has 20 heavy (non-hydrogen) atoms. The second-order valence-corrected chi connectivity index (χ2v) is 5.02. The molecule has 0 atom stereocenters. The number of ether oxygens (including phenoxy) is 1. The van der Waals surface area contributed by atoms with E-state index in [9.17, 15) is 18.8 Å². The summed E-state index contributed by atoms with van der Waals surface area (Å²) in [5.74, 6) is -1.88. The van der Waals surface area contributed by atoms with Gasteiger partial charge in [-0.3, -0.25) is 14.5 Å². The summed E-state index contributed by atoms with van der Waals surface area (Å²) in [7, 11) is 1.16. The summed E-state index contributed by atoms with van der Waals surface area (Å²) < 4.78 is 18.0. The van der Waals surface area contributed by atoms with Crippen LogP contribution in [0.3, 0.4) is 0 Å². The Bertz CT molecular complexity index is 586. The average Bonchev–Trinajstić information content (AvgIpc) is 2.67. The smallest absolute Gasteiger partial charge is 0.332 e. The third-order valence-electron chi connectivity index (χ3n) is 3.91. The number of methoxy groups -OCH3 is 1. The first-order valence-electron chi connectivity index (χ1n) is 6.21. The van der Waals surface area contributed by atoms with Crippen molar-refractivity contribution in [3.8, 4) is 0 Å². The quantitative estimate of drug-likeness (QED) is 0.604. The fraction of sp³-hybridized carbons (Fsp3) is 0.357. The number of hydrogen-bond acceptors (Lipinski definition) is 4. The van der Waals surface area contributed by atoms with Crippen molar-refractivity contribution in [3.05, 3.63) is 35.4 Å². The molecule has 5 nitrogen and oxygen atoms in total. The molecule has 0 N–H and O–H groups in total. The van der Waals surface area contributed by atoms with Gasteiger partial charge in [0.1, 0.15) is 6.17 Å². The van der Waals surface area contributed by atoms with Gasteiger partial charge in [-0.15, -0.1) is 0 Å². The second kappa shape index (κ2) is 4.13. The molecular weight excluding hydrogens is 264 g/mol. The Morgan fingerprint density at radius 3 is 2.15 bits per heavy atom. The van der Waals surface area contributed by atoms with Crippen molar-refractivity contribution >= 4 is 17.8 Å². The number of amides is 2. The highest BCUT2D eigenvalue weighted by Crippen LogP contribution is 2.44. The van der Waals surface area contributed by atoms with Gasteiger partial charge in [0.15, 0.2) is 5.54 Å². The first kappa shape index (κ1) is 12.8. The Balaban J connectivity index is 2.05. The van der Waals surface area contributed by atoms with Gasteiger partial charge in [-0.05, 0) is 12.1 Å². The van der Waals surface area contributed by atoms with Crippen LogP contribution in [0.15, 0.2) is 24.3 Å². The van der Waals surface area contributed by atoms with Crippen LogP contribution in [0.4, 0.5) is 4.39 Å². The van der Waals surface area contributed by atoms with Gasteiger partial charge < -0.3 is 4.74 Å². The van der Waals surface area contributed by atoms with Gasteiger partial charge in [0.25, 0.3) is 11.8 Å². The van der Waals surface area contributed by atoms with Gasteiger partial charge in [0.05, 0.1) is 18.2 Å². The molecule has 2 amide bonds. The zero-order valence-corrected chi connectivity index (χ0v) is 10.8. The summed E-state index contributed by atoms with van der Waals surface area (Å²) >= 11 is 0. The predicted molar refractivity (Wildman–Crippen MR) is 65.8 cm³/mol. The zero-order chi connectivity index (χ0) is 14.5. The van der Waals surface area contributed by atoms with Crippen LogP contribution in [0.25, 0.3) is 0 Å². The first-order chi connectivity index (χ1) is 9.51. The van der Waals surface area contributed by atoms with Crippen molar-refractivity contribution in [3.63, 3.8) is 0 Å². The van der Waals surface area contributed by atoms with Crippen molar-refractivity contribution in [2.75, 3.05) is 7.11 Å². The van der Waals surface area contributed by atoms with Crippen LogP contribution in [0.5, 0.6) is 0 Å². The Morgan fingerprint density at radius 1 is 1.25 bits per heavy atom. The fourth-order valence-electron chi connectivity index (χ4n) is 2.88. The van der Waals surface area contributed by atoms with Gasteiger partial charge in [0.2, 0.25) is 0 Å². The minimum Gasteiger partial charge on any atom is -0.467 e. The number of imide groups is 1. The topological polar surface area (TPSA) is 63.7 Å². The number of nitrogens with zero attached hydrogens (tertiary/aromatic N) is 1. The van der Waals surface area contributed by atoms with Crippen LogP contribution in [0, 0.1) is 0 Å². The van der Waals surface area contributed by atoms with E-state index < -0.39 is 29.5 Å². The number of carbonyl (C=O) groups is 3. The summed E-state index contributed by atoms with van der Waals surface area (Å²) in [5, 5.41) is 0. The molecule has 1 aliphatic heterocycles. The van der Waals surface area contributed by atoms with E-state index in [0.29, 0.717) is 0 Å². The van der Waals surface area contributed by atoms with Crippen molar-refractivity contribution in [1.29, 1.82) is 0 Å². The minimum absolute atomic E-state index is 0.203. The molecule has 1 aromatic carbocycles. The van der Waals surface area contributed by atoms with E-state index in [-0.39, 0.29) is 24.0 Å². The molecule has 0 radical (unpaired) electrons. The Hall–Kier alpha value is -2.24. The zero-order valence-electron chi connectivity index (χ0n) is 10.8. The highest BCUT2D eigenvalue weighted by atomic mass is 18.2. The SMILES string of the molecule is COC(=O)[C@]1(N2C(=O)c3ccccc3C2=O)C[C@@H]([18F])C1. The number of hydrogen-bond donors (Lipinski definition) is 0. The maximum Gasteiger partial charge on any atom is 0.332 e. The normalized spacial score (nSPS) is 28.1. The molecule has 0 bridgehead atoms. The van der Waals surface area contributed by atoms with Crippen LogP contribution >= 0.6 is 0 Å². The average molecular weight is 276 g/mol. The Labute approximate surface area is 114 Å². The summed E-state index contributed by atoms with van der Waals surface area (Å²) in [4.78, 5) is 37.5. The van der Waals surface area contributed by atoms with E-state index in [0.717, 1.165) is 12.0 Å². The molecule has 104 valence electrons. The summed E-state index contributed by atoms with van der Waals surface area (Å²) in [5.41, 5.74) is -1.02. The van der Waals surface area contributed by atoms with E-state index >= 15 is 0 Å². The Morgan fingerprint density at radius 2 is 1.75 bits per heavy atom. The minimum atomic E-state index is -1.50. The van der Waals surface area contributed by atoms with Crippen molar-refractivity contribution in [1.82, 2.24) is 4.90 Å². The number of fused-ring (bicyclic) bond motifs is 1. The van der Waals surface area contributed by atoms with Gasteiger partial charge >= 0.3 is 5.97 Å². The van der Waals surface area contributed by atoms with Gasteiger partial charge in [-0.1, -0.05) is 12.1 Å². The predicted octanol–water partition coefficient (Wildman–Crippen LogP) is 1.33. The number of esters is 1.